The topological polar surface area (TPSA) is 43.8 Å². The predicted molar refractivity (Wildman–Crippen MR) is 56.9 cm³/mol. The van der Waals surface area contributed by atoms with Crippen LogP contribution >= 0.6 is 0 Å². The van der Waals surface area contributed by atoms with Crippen LogP contribution in [0.5, 0.6) is 0 Å². The smallest absolute Gasteiger partial charge is 0.0492 e. The van der Waals surface area contributed by atoms with Gasteiger partial charge in [-0.25, -0.2) is 0 Å². The van der Waals surface area contributed by atoms with Crippen molar-refractivity contribution >= 4 is 0 Å². The Morgan fingerprint density at radius 3 is 2.93 bits per heavy atom. The van der Waals surface area contributed by atoms with Gasteiger partial charge < -0.3 is 5.73 Å². The molecule has 0 radical (unpaired) electrons. The summed E-state index contributed by atoms with van der Waals surface area (Å²) in [6, 6.07) is 2.42. The third-order valence-electron chi connectivity index (χ3n) is 3.40. The Morgan fingerprint density at radius 2 is 2.29 bits per heavy atom. The van der Waals surface area contributed by atoms with Gasteiger partial charge >= 0.3 is 0 Å². The predicted octanol–water partition coefficient (Wildman–Crippen LogP) is 1.65. The maximum Gasteiger partial charge on any atom is 0.0492 e. The second-order valence-electron chi connectivity index (χ2n) is 4.57. The maximum atomic E-state index is 6.16. The van der Waals surface area contributed by atoms with Crippen molar-refractivity contribution in [1.29, 1.82) is 0 Å². The van der Waals surface area contributed by atoms with Gasteiger partial charge in [-0.2, -0.15) is 5.10 Å². The van der Waals surface area contributed by atoms with Gasteiger partial charge in [-0.1, -0.05) is 6.92 Å². The Bertz CT molecular complexity index is 305. The summed E-state index contributed by atoms with van der Waals surface area (Å²) in [6.07, 6.45) is 5.49. The molecule has 1 heterocycles. The van der Waals surface area contributed by atoms with Crippen LogP contribution in [-0.2, 0) is 7.05 Å². The summed E-state index contributed by atoms with van der Waals surface area (Å²) >= 11 is 0. The highest BCUT2D eigenvalue weighted by atomic mass is 15.3. The summed E-state index contributed by atoms with van der Waals surface area (Å²) in [5.41, 5.74) is 7.46. The minimum atomic E-state index is 0.321. The molecule has 1 aromatic heterocycles. The molecular formula is C11H19N3. The van der Waals surface area contributed by atoms with Crippen LogP contribution in [0, 0.1) is 5.92 Å². The number of aromatic nitrogens is 2. The van der Waals surface area contributed by atoms with Crippen molar-refractivity contribution in [3.8, 4) is 0 Å². The summed E-state index contributed by atoms with van der Waals surface area (Å²) in [6.45, 7) is 2.31. The van der Waals surface area contributed by atoms with E-state index in [9.17, 15) is 0 Å². The Balaban J connectivity index is 2.20. The van der Waals surface area contributed by atoms with Crippen molar-refractivity contribution in [2.45, 2.75) is 38.1 Å². The molecule has 1 aliphatic rings. The standard InChI is InChI=1S/C11H19N3/c1-8-3-4-10(12)9(7-8)11-5-6-13-14(11)2/h5-6,8-10H,3-4,7,12H2,1-2H3. The fourth-order valence-electron chi connectivity index (χ4n) is 2.49. The second-order valence-corrected chi connectivity index (χ2v) is 4.57. The van der Waals surface area contributed by atoms with E-state index in [-0.39, 0.29) is 0 Å². The lowest BCUT2D eigenvalue weighted by molar-refractivity contribution is 0.297. The normalized spacial score (nSPS) is 33.2. The maximum absolute atomic E-state index is 6.16. The molecule has 0 bridgehead atoms. The largest absolute Gasteiger partial charge is 0.327 e. The van der Waals surface area contributed by atoms with E-state index in [4.69, 9.17) is 5.73 Å². The molecule has 3 nitrogen and oxygen atoms in total. The second kappa shape index (κ2) is 3.73. The molecule has 1 aliphatic carbocycles. The first-order chi connectivity index (χ1) is 6.68. The van der Waals surface area contributed by atoms with Gasteiger partial charge in [0.15, 0.2) is 0 Å². The average molecular weight is 193 g/mol. The lowest BCUT2D eigenvalue weighted by Gasteiger charge is -2.32. The van der Waals surface area contributed by atoms with Crippen molar-refractivity contribution < 1.29 is 0 Å². The summed E-state index contributed by atoms with van der Waals surface area (Å²) in [7, 11) is 2.00. The molecule has 3 atom stereocenters. The molecular weight excluding hydrogens is 174 g/mol. The molecule has 0 saturated heterocycles. The molecule has 1 fully saturated rings. The molecule has 0 spiro atoms. The minimum absolute atomic E-state index is 0.321. The molecule has 0 amide bonds. The Morgan fingerprint density at radius 1 is 1.50 bits per heavy atom. The van der Waals surface area contributed by atoms with Gasteiger partial charge in [-0.3, -0.25) is 4.68 Å². The van der Waals surface area contributed by atoms with Crippen LogP contribution < -0.4 is 5.73 Å². The van der Waals surface area contributed by atoms with Crippen molar-refractivity contribution in [3.05, 3.63) is 18.0 Å². The van der Waals surface area contributed by atoms with Crippen LogP contribution in [0.2, 0.25) is 0 Å². The molecule has 78 valence electrons. The lowest BCUT2D eigenvalue weighted by Crippen LogP contribution is -2.34. The fraction of sp³-hybridized carbons (Fsp3) is 0.727. The van der Waals surface area contributed by atoms with Gasteiger partial charge in [0.1, 0.15) is 0 Å². The Labute approximate surface area is 85.3 Å². The molecule has 3 unspecified atom stereocenters. The quantitative estimate of drug-likeness (QED) is 0.737. The van der Waals surface area contributed by atoms with Gasteiger partial charge in [0.2, 0.25) is 0 Å². The summed E-state index contributed by atoms with van der Waals surface area (Å²) in [5, 5.41) is 4.21. The van der Waals surface area contributed by atoms with Crippen LogP contribution in [0.15, 0.2) is 12.3 Å². The first-order valence-corrected chi connectivity index (χ1v) is 5.42. The Hall–Kier alpha value is -0.830. The monoisotopic (exact) mass is 193 g/mol. The highest BCUT2D eigenvalue weighted by Crippen LogP contribution is 2.34. The van der Waals surface area contributed by atoms with Crippen LogP contribution in [0.4, 0.5) is 0 Å². The van der Waals surface area contributed by atoms with Gasteiger partial charge in [0, 0.05) is 30.9 Å². The molecule has 2 N–H and O–H groups in total. The zero-order valence-corrected chi connectivity index (χ0v) is 8.98. The highest BCUT2D eigenvalue weighted by molar-refractivity contribution is 5.12. The van der Waals surface area contributed by atoms with Crippen LogP contribution in [0.3, 0.4) is 0 Å². The van der Waals surface area contributed by atoms with Crippen LogP contribution in [0.25, 0.3) is 0 Å². The first kappa shape index (κ1) is 9.71. The van der Waals surface area contributed by atoms with E-state index >= 15 is 0 Å². The third kappa shape index (κ3) is 1.69. The van der Waals surface area contributed by atoms with E-state index < -0.39 is 0 Å². The van der Waals surface area contributed by atoms with Gasteiger partial charge in [-0.15, -0.1) is 0 Å². The molecule has 0 aromatic carbocycles. The number of nitrogens with two attached hydrogens (primary N) is 1. The van der Waals surface area contributed by atoms with Crippen molar-refractivity contribution in [1.82, 2.24) is 9.78 Å². The zero-order valence-electron chi connectivity index (χ0n) is 8.98. The van der Waals surface area contributed by atoms with Gasteiger partial charge in [-0.05, 0) is 31.2 Å². The van der Waals surface area contributed by atoms with E-state index in [2.05, 4.69) is 18.1 Å². The first-order valence-electron chi connectivity index (χ1n) is 5.42. The molecule has 1 saturated carbocycles. The molecule has 3 heteroatoms. The summed E-state index contributed by atoms with van der Waals surface area (Å²) in [5.74, 6) is 1.31. The zero-order chi connectivity index (χ0) is 10.1. The van der Waals surface area contributed by atoms with E-state index in [1.54, 1.807) is 0 Å². The molecule has 1 aromatic rings. The lowest BCUT2D eigenvalue weighted by atomic mass is 9.77. The van der Waals surface area contributed by atoms with E-state index in [0.717, 1.165) is 12.3 Å². The van der Waals surface area contributed by atoms with Crippen molar-refractivity contribution in [3.63, 3.8) is 0 Å². The van der Waals surface area contributed by atoms with Crippen LogP contribution in [0.1, 0.15) is 37.8 Å². The average Bonchev–Trinajstić information content (AvgIpc) is 2.56. The number of hydrogen-bond donors (Lipinski definition) is 1. The SMILES string of the molecule is CC1CCC(N)C(c2ccnn2C)C1. The highest BCUT2D eigenvalue weighted by Gasteiger charge is 2.28. The number of rotatable bonds is 1. The molecule has 14 heavy (non-hydrogen) atoms. The minimum Gasteiger partial charge on any atom is -0.327 e. The van der Waals surface area contributed by atoms with Gasteiger partial charge in [0.05, 0.1) is 0 Å². The number of aryl methyl sites for hydroxylation is 1. The Kier molecular flexibility index (Phi) is 2.59. The van der Waals surface area contributed by atoms with Gasteiger partial charge in [0.25, 0.3) is 0 Å². The van der Waals surface area contributed by atoms with E-state index in [1.165, 1.54) is 18.5 Å². The fourth-order valence-corrected chi connectivity index (χ4v) is 2.49. The van der Waals surface area contributed by atoms with Crippen LogP contribution in [-0.4, -0.2) is 15.8 Å². The third-order valence-corrected chi connectivity index (χ3v) is 3.40. The molecule has 0 aliphatic heterocycles. The number of nitrogens with zero attached hydrogens (tertiary/aromatic N) is 2. The summed E-state index contributed by atoms with van der Waals surface area (Å²) in [4.78, 5) is 0. The summed E-state index contributed by atoms with van der Waals surface area (Å²) < 4.78 is 1.96. The number of hydrogen-bond acceptors (Lipinski definition) is 2. The molecule has 2 rings (SSSR count). The van der Waals surface area contributed by atoms with Crippen molar-refractivity contribution in [2.75, 3.05) is 0 Å². The van der Waals surface area contributed by atoms with E-state index in [0.29, 0.717) is 12.0 Å². The van der Waals surface area contributed by atoms with E-state index in [1.807, 2.05) is 17.9 Å². The van der Waals surface area contributed by atoms with Crippen molar-refractivity contribution in [2.24, 2.45) is 18.7 Å².